The van der Waals surface area contributed by atoms with Crippen molar-refractivity contribution < 1.29 is 14.4 Å². The van der Waals surface area contributed by atoms with Crippen LogP contribution in [0.5, 0.6) is 0 Å². The van der Waals surface area contributed by atoms with Gasteiger partial charge in [0, 0.05) is 12.4 Å². The van der Waals surface area contributed by atoms with E-state index < -0.39 is 29.8 Å². The van der Waals surface area contributed by atoms with E-state index in [1.807, 2.05) is 6.92 Å². The molecule has 0 spiro atoms. The van der Waals surface area contributed by atoms with Crippen LogP contribution in [0.4, 0.5) is 4.79 Å². The van der Waals surface area contributed by atoms with Crippen molar-refractivity contribution in [3.05, 3.63) is 30.1 Å². The minimum Gasteiger partial charge on any atom is -0.277 e. The number of hydrogen-bond donors (Lipinski definition) is 1. The summed E-state index contributed by atoms with van der Waals surface area (Å²) in [4.78, 5) is 41.1. The first-order chi connectivity index (χ1) is 9.56. The predicted octanol–water partition coefficient (Wildman–Crippen LogP) is 1.64. The molecule has 2 atom stereocenters. The highest BCUT2D eigenvalue weighted by Gasteiger charge is 2.42. The van der Waals surface area contributed by atoms with E-state index in [4.69, 9.17) is 0 Å². The maximum Gasteiger partial charge on any atom is 0.331 e. The number of aromatic nitrogens is 1. The van der Waals surface area contributed by atoms with E-state index in [2.05, 4.69) is 10.3 Å². The van der Waals surface area contributed by atoms with Crippen molar-refractivity contribution >= 4 is 17.8 Å². The van der Waals surface area contributed by atoms with Crippen molar-refractivity contribution in [3.8, 4) is 0 Å². The molecule has 1 aliphatic heterocycles. The van der Waals surface area contributed by atoms with Gasteiger partial charge in [0.1, 0.15) is 5.92 Å². The molecule has 2 rings (SSSR count). The molecule has 1 N–H and O–H groups in total. The number of hydrogen-bond acceptors (Lipinski definition) is 4. The summed E-state index contributed by atoms with van der Waals surface area (Å²) in [6.07, 6.45) is 4.35. The van der Waals surface area contributed by atoms with Gasteiger partial charge in [-0.15, -0.1) is 0 Å². The van der Waals surface area contributed by atoms with E-state index in [1.165, 1.54) is 0 Å². The molecule has 0 aromatic carbocycles. The van der Waals surface area contributed by atoms with Crippen molar-refractivity contribution in [1.82, 2.24) is 15.2 Å². The largest absolute Gasteiger partial charge is 0.331 e. The molecule has 106 valence electrons. The molecule has 20 heavy (non-hydrogen) atoms. The first kappa shape index (κ1) is 14.2. The van der Waals surface area contributed by atoms with Gasteiger partial charge in [0.2, 0.25) is 11.8 Å². The van der Waals surface area contributed by atoms with E-state index in [9.17, 15) is 14.4 Å². The zero-order valence-corrected chi connectivity index (χ0v) is 11.5. The highest BCUT2D eigenvalue weighted by Crippen LogP contribution is 2.25. The Morgan fingerprint density at radius 2 is 1.95 bits per heavy atom. The molecule has 1 aliphatic rings. The molecular formula is C14H17N3O3. The lowest BCUT2D eigenvalue weighted by Gasteiger charge is -2.34. The molecule has 1 saturated heterocycles. The minimum absolute atomic E-state index is 0.426. The number of imide groups is 2. The summed E-state index contributed by atoms with van der Waals surface area (Å²) in [7, 11) is 0. The van der Waals surface area contributed by atoms with Crippen LogP contribution in [0, 0.1) is 5.92 Å². The molecule has 0 saturated carbocycles. The Morgan fingerprint density at radius 3 is 2.55 bits per heavy atom. The van der Waals surface area contributed by atoms with Crippen molar-refractivity contribution in [2.24, 2.45) is 5.92 Å². The lowest BCUT2D eigenvalue weighted by molar-refractivity contribution is -0.144. The van der Waals surface area contributed by atoms with Crippen LogP contribution in [0.15, 0.2) is 24.5 Å². The van der Waals surface area contributed by atoms with Crippen LogP contribution >= 0.6 is 0 Å². The third kappa shape index (κ3) is 2.54. The van der Waals surface area contributed by atoms with Gasteiger partial charge in [0.05, 0.1) is 6.04 Å². The molecule has 1 aromatic heterocycles. The summed E-state index contributed by atoms with van der Waals surface area (Å²) >= 11 is 0. The molecule has 6 nitrogen and oxygen atoms in total. The van der Waals surface area contributed by atoms with E-state index >= 15 is 0 Å². The lowest BCUT2D eigenvalue weighted by Crippen LogP contribution is -2.58. The zero-order chi connectivity index (χ0) is 14.7. The Balaban J connectivity index is 2.27. The van der Waals surface area contributed by atoms with Gasteiger partial charge in [0.25, 0.3) is 0 Å². The molecule has 0 aliphatic carbocycles. The fourth-order valence-electron chi connectivity index (χ4n) is 2.33. The van der Waals surface area contributed by atoms with Gasteiger partial charge in [-0.1, -0.05) is 13.3 Å². The summed E-state index contributed by atoms with van der Waals surface area (Å²) in [5.74, 6) is -1.70. The SMILES string of the molecule is CCCC1C(=O)NC(=O)N(C(C)c2ccncc2)C1=O. The molecule has 1 aromatic rings. The van der Waals surface area contributed by atoms with Crippen LogP contribution in [0.1, 0.15) is 38.3 Å². The smallest absolute Gasteiger partial charge is 0.277 e. The molecule has 1 fully saturated rings. The number of pyridine rings is 1. The first-order valence-corrected chi connectivity index (χ1v) is 6.64. The maximum atomic E-state index is 12.4. The van der Waals surface area contributed by atoms with Crippen molar-refractivity contribution in [1.29, 1.82) is 0 Å². The third-order valence-corrected chi connectivity index (χ3v) is 3.45. The molecule has 2 heterocycles. The summed E-state index contributed by atoms with van der Waals surface area (Å²) in [6, 6.07) is 2.40. The number of nitrogens with zero attached hydrogens (tertiary/aromatic N) is 2. The molecule has 6 heteroatoms. The lowest BCUT2D eigenvalue weighted by atomic mass is 9.97. The molecule has 0 radical (unpaired) electrons. The van der Waals surface area contributed by atoms with Crippen LogP contribution < -0.4 is 5.32 Å². The number of urea groups is 1. The highest BCUT2D eigenvalue weighted by molar-refractivity contribution is 6.16. The number of rotatable bonds is 4. The molecule has 0 bridgehead atoms. The predicted molar refractivity (Wildman–Crippen MR) is 71.4 cm³/mol. The topological polar surface area (TPSA) is 79.4 Å². The Kier molecular flexibility index (Phi) is 4.12. The molecular weight excluding hydrogens is 258 g/mol. The normalized spacial score (nSPS) is 20.8. The molecule has 4 amide bonds. The van der Waals surface area contributed by atoms with Gasteiger partial charge < -0.3 is 0 Å². The van der Waals surface area contributed by atoms with Gasteiger partial charge in [-0.2, -0.15) is 0 Å². The standard InChI is InChI=1S/C14H17N3O3/c1-3-4-11-12(18)16-14(20)17(13(11)19)9(2)10-5-7-15-8-6-10/h5-9,11H,3-4H2,1-2H3,(H,16,18,20). The second-order valence-electron chi connectivity index (χ2n) is 4.80. The maximum absolute atomic E-state index is 12.4. The van der Waals surface area contributed by atoms with Gasteiger partial charge in [-0.3, -0.25) is 24.8 Å². The Labute approximate surface area is 117 Å². The number of carbonyl (C=O) groups is 3. The van der Waals surface area contributed by atoms with Gasteiger partial charge in [-0.05, 0) is 31.0 Å². The second kappa shape index (κ2) is 5.81. The average Bonchev–Trinajstić information content (AvgIpc) is 2.44. The minimum atomic E-state index is -0.776. The number of carbonyl (C=O) groups excluding carboxylic acids is 3. The number of nitrogens with one attached hydrogen (secondary N) is 1. The summed E-state index contributed by atoms with van der Waals surface area (Å²) in [5, 5.41) is 2.26. The van der Waals surface area contributed by atoms with Crippen LogP contribution in [0.3, 0.4) is 0 Å². The van der Waals surface area contributed by atoms with Crippen molar-refractivity contribution in [2.45, 2.75) is 32.7 Å². The van der Waals surface area contributed by atoms with Crippen molar-refractivity contribution in [2.75, 3.05) is 0 Å². The van der Waals surface area contributed by atoms with Crippen LogP contribution in [-0.4, -0.2) is 27.7 Å². The van der Waals surface area contributed by atoms with E-state index in [1.54, 1.807) is 31.5 Å². The van der Waals surface area contributed by atoms with Gasteiger partial charge in [0.15, 0.2) is 0 Å². The van der Waals surface area contributed by atoms with Crippen LogP contribution in [0.2, 0.25) is 0 Å². The van der Waals surface area contributed by atoms with Gasteiger partial charge >= 0.3 is 6.03 Å². The molecule has 2 unspecified atom stereocenters. The van der Waals surface area contributed by atoms with E-state index in [0.717, 1.165) is 10.5 Å². The summed E-state index contributed by atoms with van der Waals surface area (Å²) in [5.41, 5.74) is 0.799. The van der Waals surface area contributed by atoms with E-state index in [-0.39, 0.29) is 0 Å². The Morgan fingerprint density at radius 1 is 1.30 bits per heavy atom. The summed E-state index contributed by atoms with van der Waals surface area (Å²) in [6.45, 7) is 3.65. The van der Waals surface area contributed by atoms with Crippen molar-refractivity contribution in [3.63, 3.8) is 0 Å². The fourth-order valence-corrected chi connectivity index (χ4v) is 2.33. The number of amides is 4. The highest BCUT2D eigenvalue weighted by atomic mass is 16.2. The zero-order valence-electron chi connectivity index (χ0n) is 11.5. The average molecular weight is 275 g/mol. The quantitative estimate of drug-likeness (QED) is 0.847. The Hall–Kier alpha value is -2.24. The van der Waals surface area contributed by atoms with Gasteiger partial charge in [-0.25, -0.2) is 4.79 Å². The summed E-state index contributed by atoms with van der Waals surface area (Å²) < 4.78 is 0. The Bertz CT molecular complexity index is 530. The fraction of sp³-hybridized carbons (Fsp3) is 0.429. The van der Waals surface area contributed by atoms with Crippen LogP contribution in [-0.2, 0) is 9.59 Å². The third-order valence-electron chi connectivity index (χ3n) is 3.45. The first-order valence-electron chi connectivity index (χ1n) is 6.64. The van der Waals surface area contributed by atoms with Crippen LogP contribution in [0.25, 0.3) is 0 Å². The second-order valence-corrected chi connectivity index (χ2v) is 4.80. The van der Waals surface area contributed by atoms with E-state index in [0.29, 0.717) is 12.8 Å². The monoisotopic (exact) mass is 275 g/mol. The number of barbiturate groups is 1.